The third kappa shape index (κ3) is 5.76. The molecule has 3 aromatic carbocycles. The van der Waals surface area contributed by atoms with Crippen molar-refractivity contribution in [3.8, 4) is 22.6 Å². The van der Waals surface area contributed by atoms with E-state index in [9.17, 15) is 9.18 Å². The molecule has 1 atom stereocenters. The van der Waals surface area contributed by atoms with Gasteiger partial charge in [-0.25, -0.2) is 4.39 Å². The lowest BCUT2D eigenvalue weighted by Gasteiger charge is -2.31. The number of nitrogens with zero attached hydrogens (tertiary/aromatic N) is 2. The summed E-state index contributed by atoms with van der Waals surface area (Å²) in [5, 5.41) is 0.0721. The number of carbonyl (C=O) groups is 1. The third-order valence-electron chi connectivity index (χ3n) is 7.37. The van der Waals surface area contributed by atoms with Crippen LogP contribution in [0.5, 0.6) is 11.5 Å². The lowest BCUT2D eigenvalue weighted by Crippen LogP contribution is -2.44. The SMILES string of the molecule is COc1ccc(C(=O)N(C[C@@H]2CCCN2CC2CC2)c2cccc(-c3ccc(F)c(Cl)c3)c2)cc1OC. The monoisotopic (exact) mass is 522 g/mol. The molecule has 1 saturated carbocycles. The van der Waals surface area contributed by atoms with Gasteiger partial charge in [-0.3, -0.25) is 9.69 Å². The van der Waals surface area contributed by atoms with Gasteiger partial charge in [-0.2, -0.15) is 0 Å². The Morgan fingerprint density at radius 2 is 1.78 bits per heavy atom. The largest absolute Gasteiger partial charge is 0.493 e. The Bertz CT molecular complexity index is 1280. The van der Waals surface area contributed by atoms with Gasteiger partial charge in [0.15, 0.2) is 11.5 Å². The molecule has 0 aromatic heterocycles. The molecule has 3 aromatic rings. The van der Waals surface area contributed by atoms with Crippen LogP contribution >= 0.6 is 11.6 Å². The summed E-state index contributed by atoms with van der Waals surface area (Å²) in [7, 11) is 3.14. The molecular weight excluding hydrogens is 491 g/mol. The quantitative estimate of drug-likeness (QED) is 0.314. The maximum atomic E-state index is 14.0. The Labute approximate surface area is 222 Å². The fraction of sp³-hybridized carbons (Fsp3) is 0.367. The van der Waals surface area contributed by atoms with Crippen LogP contribution < -0.4 is 14.4 Å². The fourth-order valence-electron chi connectivity index (χ4n) is 5.14. The summed E-state index contributed by atoms with van der Waals surface area (Å²) in [6.07, 6.45) is 4.82. The van der Waals surface area contributed by atoms with Gasteiger partial charge in [-0.1, -0.05) is 29.8 Å². The van der Waals surface area contributed by atoms with Crippen molar-refractivity contribution in [2.45, 2.75) is 31.7 Å². The zero-order valence-corrected chi connectivity index (χ0v) is 22.0. The van der Waals surface area contributed by atoms with E-state index in [4.69, 9.17) is 21.1 Å². The molecule has 5 nitrogen and oxygen atoms in total. The van der Waals surface area contributed by atoms with Crippen molar-refractivity contribution >= 4 is 23.2 Å². The number of carbonyl (C=O) groups excluding carboxylic acids is 1. The first-order valence-electron chi connectivity index (χ1n) is 12.8. The number of halogens is 2. The first kappa shape index (κ1) is 25.6. The molecule has 0 N–H and O–H groups in total. The topological polar surface area (TPSA) is 42.0 Å². The number of rotatable bonds is 9. The van der Waals surface area contributed by atoms with Gasteiger partial charge in [0.05, 0.1) is 19.2 Å². The summed E-state index contributed by atoms with van der Waals surface area (Å²) in [5.41, 5.74) is 2.98. The van der Waals surface area contributed by atoms with Crippen molar-refractivity contribution in [2.24, 2.45) is 5.92 Å². The summed E-state index contributed by atoms with van der Waals surface area (Å²) in [4.78, 5) is 18.4. The molecule has 1 aliphatic carbocycles. The van der Waals surface area contributed by atoms with Crippen LogP contribution in [-0.4, -0.2) is 50.7 Å². The molecule has 1 aliphatic heterocycles. The summed E-state index contributed by atoms with van der Waals surface area (Å²) < 4.78 is 24.6. The van der Waals surface area contributed by atoms with Gasteiger partial charge in [0, 0.05) is 30.4 Å². The average Bonchev–Trinajstić information content (AvgIpc) is 3.64. The molecule has 194 valence electrons. The first-order chi connectivity index (χ1) is 18.0. The van der Waals surface area contributed by atoms with Gasteiger partial charge in [0.2, 0.25) is 0 Å². The van der Waals surface area contributed by atoms with Crippen molar-refractivity contribution in [2.75, 3.05) is 38.8 Å². The maximum Gasteiger partial charge on any atom is 0.258 e. The van der Waals surface area contributed by atoms with Crippen molar-refractivity contribution in [3.63, 3.8) is 0 Å². The van der Waals surface area contributed by atoms with Crippen molar-refractivity contribution < 1.29 is 18.7 Å². The molecule has 1 saturated heterocycles. The standard InChI is InChI=1S/C30H32ClFN2O3/c1-36-28-13-11-23(17-29(28)37-2)30(35)34(19-25-7-4-14-33(25)18-20-8-9-20)24-6-3-5-21(15-24)22-10-12-27(32)26(31)16-22/h3,5-6,10-13,15-17,20,25H,4,7-9,14,18-19H2,1-2H3/t25-/m0/s1. The minimum absolute atomic E-state index is 0.0721. The smallest absolute Gasteiger partial charge is 0.258 e. The number of anilines is 1. The van der Waals surface area contributed by atoms with Crippen LogP contribution in [0.4, 0.5) is 10.1 Å². The van der Waals surface area contributed by atoms with E-state index < -0.39 is 5.82 Å². The number of methoxy groups -OCH3 is 2. The number of likely N-dealkylation sites (tertiary alicyclic amines) is 1. The lowest BCUT2D eigenvalue weighted by atomic mass is 10.0. The van der Waals surface area contributed by atoms with E-state index in [0.717, 1.165) is 48.7 Å². The Hall–Kier alpha value is -3.09. The second-order valence-electron chi connectivity index (χ2n) is 9.90. The fourth-order valence-corrected chi connectivity index (χ4v) is 5.33. The predicted octanol–water partition coefficient (Wildman–Crippen LogP) is 6.68. The number of benzene rings is 3. The van der Waals surface area contributed by atoms with Crippen molar-refractivity contribution in [1.82, 2.24) is 4.90 Å². The third-order valence-corrected chi connectivity index (χ3v) is 7.66. The average molecular weight is 523 g/mol. The highest BCUT2D eigenvalue weighted by Crippen LogP contribution is 2.35. The van der Waals surface area contributed by atoms with E-state index in [1.54, 1.807) is 44.6 Å². The maximum absolute atomic E-state index is 14.0. The van der Waals surface area contributed by atoms with Gasteiger partial charge < -0.3 is 14.4 Å². The molecule has 2 fully saturated rings. The molecule has 1 heterocycles. The number of hydrogen-bond donors (Lipinski definition) is 0. The molecule has 5 rings (SSSR count). The number of amides is 1. The molecule has 7 heteroatoms. The Balaban J connectivity index is 1.50. The van der Waals surface area contributed by atoms with Gasteiger partial charge in [-0.15, -0.1) is 0 Å². The highest BCUT2D eigenvalue weighted by Gasteiger charge is 2.33. The van der Waals surface area contributed by atoms with E-state index >= 15 is 0 Å². The predicted molar refractivity (Wildman–Crippen MR) is 145 cm³/mol. The van der Waals surface area contributed by atoms with Gasteiger partial charge in [-0.05, 0) is 91.7 Å². The molecule has 0 unspecified atom stereocenters. The van der Waals surface area contributed by atoms with Crippen molar-refractivity contribution in [1.29, 1.82) is 0 Å². The zero-order valence-electron chi connectivity index (χ0n) is 21.3. The minimum Gasteiger partial charge on any atom is -0.493 e. The Morgan fingerprint density at radius 3 is 2.51 bits per heavy atom. The zero-order chi connectivity index (χ0) is 25.9. The normalized spacial score (nSPS) is 17.6. The van der Waals surface area contributed by atoms with Crippen LogP contribution in [-0.2, 0) is 0 Å². The van der Waals surface area contributed by atoms with E-state index in [2.05, 4.69) is 4.90 Å². The van der Waals surface area contributed by atoms with Gasteiger partial charge >= 0.3 is 0 Å². The van der Waals surface area contributed by atoms with E-state index in [1.807, 2.05) is 29.2 Å². The van der Waals surface area contributed by atoms with Crippen LogP contribution in [0.15, 0.2) is 60.7 Å². The summed E-state index contributed by atoms with van der Waals surface area (Å²) in [6, 6.07) is 18.0. The van der Waals surface area contributed by atoms with Crippen LogP contribution in [0, 0.1) is 11.7 Å². The van der Waals surface area contributed by atoms with Crippen LogP contribution in [0.3, 0.4) is 0 Å². The second kappa shape index (κ2) is 11.1. The van der Waals surface area contributed by atoms with E-state index in [1.165, 1.54) is 18.9 Å². The summed E-state index contributed by atoms with van der Waals surface area (Å²) in [5.74, 6) is 1.32. The van der Waals surface area contributed by atoms with Crippen molar-refractivity contribution in [3.05, 3.63) is 77.1 Å². The molecule has 0 bridgehead atoms. The molecule has 2 aliphatic rings. The Morgan fingerprint density at radius 1 is 1.00 bits per heavy atom. The molecule has 0 spiro atoms. The molecule has 0 radical (unpaired) electrons. The number of hydrogen-bond acceptors (Lipinski definition) is 4. The minimum atomic E-state index is -0.455. The van der Waals surface area contributed by atoms with Gasteiger partial charge in [0.25, 0.3) is 5.91 Å². The summed E-state index contributed by atoms with van der Waals surface area (Å²) >= 11 is 6.06. The van der Waals surface area contributed by atoms with Crippen LogP contribution in [0.2, 0.25) is 5.02 Å². The lowest BCUT2D eigenvalue weighted by molar-refractivity contribution is 0.0977. The highest BCUT2D eigenvalue weighted by molar-refractivity contribution is 6.31. The number of ether oxygens (including phenoxy) is 2. The molecular formula is C30H32ClFN2O3. The van der Waals surface area contributed by atoms with Crippen LogP contribution in [0.25, 0.3) is 11.1 Å². The summed E-state index contributed by atoms with van der Waals surface area (Å²) in [6.45, 7) is 2.78. The van der Waals surface area contributed by atoms with E-state index in [0.29, 0.717) is 29.6 Å². The molecule has 37 heavy (non-hydrogen) atoms. The Kier molecular flexibility index (Phi) is 7.68. The molecule has 1 amide bonds. The van der Waals surface area contributed by atoms with E-state index in [-0.39, 0.29) is 10.9 Å². The second-order valence-corrected chi connectivity index (χ2v) is 10.3. The first-order valence-corrected chi connectivity index (χ1v) is 13.2. The van der Waals surface area contributed by atoms with Gasteiger partial charge in [0.1, 0.15) is 5.82 Å². The highest BCUT2D eigenvalue weighted by atomic mass is 35.5. The van der Waals surface area contributed by atoms with Crippen LogP contribution in [0.1, 0.15) is 36.0 Å².